The Labute approximate surface area is 96.1 Å². The summed E-state index contributed by atoms with van der Waals surface area (Å²) in [7, 11) is 1.41. The summed E-state index contributed by atoms with van der Waals surface area (Å²) in [5, 5.41) is 20.2. The highest BCUT2D eigenvalue weighted by Gasteiger charge is 2.03. The molecule has 0 amide bonds. The first-order valence-corrected chi connectivity index (χ1v) is 5.01. The largest absolute Gasteiger partial charge is 0.395 e. The number of hydrogen-bond acceptors (Lipinski definition) is 8. The van der Waals surface area contributed by atoms with E-state index in [1.807, 2.05) is 0 Å². The van der Waals surface area contributed by atoms with Gasteiger partial charge in [0.25, 0.3) is 0 Å². The maximum Gasteiger partial charge on any atom is 0.0733 e. The molecule has 0 saturated heterocycles. The summed E-state index contributed by atoms with van der Waals surface area (Å²) in [5.41, 5.74) is 2.56. The second-order valence-electron chi connectivity index (χ2n) is 3.16. The molecule has 0 aliphatic rings. The standard InChI is InChI=1S/C8H21N3O3.H3NO/c1-8(2)9-4-5-11(6-7-12)10-14-13-3;1-2/h8-10,12H,4-7H2,1-3H3;2H,1H2. The van der Waals surface area contributed by atoms with Gasteiger partial charge in [-0.1, -0.05) is 13.8 Å². The van der Waals surface area contributed by atoms with Crippen molar-refractivity contribution in [2.24, 2.45) is 5.90 Å². The number of rotatable bonds is 9. The smallest absolute Gasteiger partial charge is 0.0733 e. The molecule has 6 N–H and O–H groups in total. The van der Waals surface area contributed by atoms with Crippen LogP contribution in [0.1, 0.15) is 13.8 Å². The van der Waals surface area contributed by atoms with Crippen molar-refractivity contribution in [3.8, 4) is 0 Å². The van der Waals surface area contributed by atoms with Crippen LogP contribution in [0, 0.1) is 0 Å². The number of aliphatic hydroxyl groups excluding tert-OH is 1. The molecule has 0 aromatic rings. The van der Waals surface area contributed by atoms with Crippen molar-refractivity contribution >= 4 is 0 Å². The monoisotopic (exact) mass is 240 g/mol. The van der Waals surface area contributed by atoms with Gasteiger partial charge in [-0.2, -0.15) is 0 Å². The van der Waals surface area contributed by atoms with Crippen LogP contribution in [0.5, 0.6) is 0 Å². The molecule has 0 spiro atoms. The Morgan fingerprint density at radius 1 is 1.31 bits per heavy atom. The van der Waals surface area contributed by atoms with Crippen molar-refractivity contribution in [3.63, 3.8) is 0 Å². The molecular weight excluding hydrogens is 216 g/mol. The maximum atomic E-state index is 8.75. The van der Waals surface area contributed by atoms with Crippen molar-refractivity contribution in [1.29, 1.82) is 0 Å². The lowest BCUT2D eigenvalue weighted by Gasteiger charge is -2.21. The lowest BCUT2D eigenvalue weighted by Crippen LogP contribution is -2.44. The molecule has 0 aromatic carbocycles. The number of hydrogen-bond donors (Lipinski definition) is 5. The average molecular weight is 240 g/mol. The highest BCUT2D eigenvalue weighted by molar-refractivity contribution is 4.55. The summed E-state index contributed by atoms with van der Waals surface area (Å²) in [6, 6.07) is 0.453. The summed E-state index contributed by atoms with van der Waals surface area (Å²) in [6.07, 6.45) is 0. The van der Waals surface area contributed by atoms with E-state index in [0.717, 1.165) is 13.1 Å². The van der Waals surface area contributed by atoms with E-state index in [0.29, 0.717) is 12.6 Å². The van der Waals surface area contributed by atoms with Crippen molar-refractivity contribution in [1.82, 2.24) is 15.9 Å². The highest BCUT2D eigenvalue weighted by Crippen LogP contribution is 1.83. The Hall–Kier alpha value is -0.320. The van der Waals surface area contributed by atoms with Gasteiger partial charge in [0.2, 0.25) is 0 Å². The van der Waals surface area contributed by atoms with Crippen molar-refractivity contribution in [2.45, 2.75) is 19.9 Å². The molecule has 0 aliphatic carbocycles. The summed E-state index contributed by atoms with van der Waals surface area (Å²) < 4.78 is 0. The summed E-state index contributed by atoms with van der Waals surface area (Å²) >= 11 is 0. The van der Waals surface area contributed by atoms with Crippen LogP contribution in [0.2, 0.25) is 0 Å². The third kappa shape index (κ3) is 13.7. The Kier molecular flexibility index (Phi) is 16.6. The number of nitrogens with two attached hydrogens (primary N) is 1. The fraction of sp³-hybridized carbons (Fsp3) is 1.00. The summed E-state index contributed by atoms with van der Waals surface area (Å²) in [6.45, 7) is 6.26. The molecule has 8 heteroatoms. The van der Waals surface area contributed by atoms with Gasteiger partial charge in [0, 0.05) is 25.7 Å². The molecule has 0 bridgehead atoms. The first-order valence-electron chi connectivity index (χ1n) is 5.01. The molecule has 0 rings (SSSR count). The van der Waals surface area contributed by atoms with Gasteiger partial charge < -0.3 is 15.6 Å². The van der Waals surface area contributed by atoms with Gasteiger partial charge in [-0.3, -0.25) is 0 Å². The SMILES string of the molecule is COONN(CCO)CCNC(C)C.NO. The van der Waals surface area contributed by atoms with E-state index in [9.17, 15) is 0 Å². The Morgan fingerprint density at radius 3 is 2.38 bits per heavy atom. The van der Waals surface area contributed by atoms with E-state index in [2.05, 4.69) is 40.5 Å². The van der Waals surface area contributed by atoms with E-state index in [1.165, 1.54) is 7.11 Å². The van der Waals surface area contributed by atoms with Gasteiger partial charge in [-0.15, -0.1) is 10.6 Å². The second-order valence-corrected chi connectivity index (χ2v) is 3.16. The molecule has 0 heterocycles. The zero-order valence-electron chi connectivity index (χ0n) is 10.1. The Balaban J connectivity index is 0. The normalized spacial score (nSPS) is 10.5. The number of nitrogens with zero attached hydrogens (tertiary/aromatic N) is 1. The van der Waals surface area contributed by atoms with Gasteiger partial charge in [-0.25, -0.2) is 15.8 Å². The van der Waals surface area contributed by atoms with Crippen LogP contribution in [0.25, 0.3) is 0 Å². The first-order chi connectivity index (χ1) is 7.70. The van der Waals surface area contributed by atoms with Crippen LogP contribution in [0.15, 0.2) is 0 Å². The molecule has 0 radical (unpaired) electrons. The quantitative estimate of drug-likeness (QED) is 0.247. The molecule has 0 atom stereocenters. The van der Waals surface area contributed by atoms with Crippen LogP contribution >= 0.6 is 0 Å². The van der Waals surface area contributed by atoms with E-state index < -0.39 is 0 Å². The predicted molar refractivity (Wildman–Crippen MR) is 59.0 cm³/mol. The minimum Gasteiger partial charge on any atom is -0.395 e. The molecule has 0 aromatic heterocycles. The number of aliphatic hydroxyl groups is 1. The molecule has 8 nitrogen and oxygen atoms in total. The van der Waals surface area contributed by atoms with Crippen LogP contribution < -0.4 is 16.8 Å². The molecular formula is C8H24N4O4. The predicted octanol–water partition coefficient (Wildman–Crippen LogP) is -1.39. The fourth-order valence-electron chi connectivity index (χ4n) is 0.902. The third-order valence-corrected chi connectivity index (χ3v) is 1.55. The van der Waals surface area contributed by atoms with Crippen molar-refractivity contribution < 1.29 is 20.2 Å². The maximum absolute atomic E-state index is 8.75. The minimum atomic E-state index is 0.0712. The summed E-state index contributed by atoms with van der Waals surface area (Å²) in [4.78, 5) is 8.93. The minimum absolute atomic E-state index is 0.0712. The van der Waals surface area contributed by atoms with Gasteiger partial charge in [-0.05, 0) is 0 Å². The van der Waals surface area contributed by atoms with Crippen molar-refractivity contribution in [3.05, 3.63) is 0 Å². The van der Waals surface area contributed by atoms with Gasteiger partial charge in [0.15, 0.2) is 0 Å². The highest BCUT2D eigenvalue weighted by atomic mass is 17.3. The van der Waals surface area contributed by atoms with E-state index in [4.69, 9.17) is 10.3 Å². The zero-order valence-corrected chi connectivity index (χ0v) is 10.1. The second kappa shape index (κ2) is 14.7. The molecule has 0 saturated carbocycles. The Bertz CT molecular complexity index is 129. The first kappa shape index (κ1) is 18.1. The summed E-state index contributed by atoms with van der Waals surface area (Å²) in [5.74, 6) is 3.50. The van der Waals surface area contributed by atoms with Crippen LogP contribution in [-0.4, -0.2) is 54.7 Å². The average Bonchev–Trinajstić information content (AvgIpc) is 2.28. The van der Waals surface area contributed by atoms with E-state index in [1.54, 1.807) is 5.01 Å². The number of hydrazine groups is 1. The molecule has 100 valence electrons. The van der Waals surface area contributed by atoms with Crippen molar-refractivity contribution in [2.75, 3.05) is 33.4 Å². The van der Waals surface area contributed by atoms with Gasteiger partial charge in [0.05, 0.1) is 13.7 Å². The molecule has 0 fully saturated rings. The Morgan fingerprint density at radius 2 is 1.94 bits per heavy atom. The van der Waals surface area contributed by atoms with E-state index in [-0.39, 0.29) is 6.61 Å². The lowest BCUT2D eigenvalue weighted by molar-refractivity contribution is -0.353. The molecule has 16 heavy (non-hydrogen) atoms. The van der Waals surface area contributed by atoms with E-state index >= 15 is 0 Å². The number of nitrogens with one attached hydrogen (secondary N) is 2. The fourth-order valence-corrected chi connectivity index (χ4v) is 0.902. The lowest BCUT2D eigenvalue weighted by atomic mass is 10.4. The molecule has 0 aliphatic heterocycles. The van der Waals surface area contributed by atoms with Gasteiger partial charge >= 0.3 is 0 Å². The molecule has 0 unspecified atom stereocenters. The zero-order chi connectivity index (χ0) is 12.8. The van der Waals surface area contributed by atoms with Crippen LogP contribution in [0.3, 0.4) is 0 Å². The van der Waals surface area contributed by atoms with Gasteiger partial charge in [0.1, 0.15) is 0 Å². The van der Waals surface area contributed by atoms with Crippen LogP contribution in [-0.2, 0) is 9.88 Å². The van der Waals surface area contributed by atoms with Crippen LogP contribution in [0.4, 0.5) is 0 Å². The topological polar surface area (TPSA) is 112 Å². The third-order valence-electron chi connectivity index (χ3n) is 1.55.